The van der Waals surface area contributed by atoms with Gasteiger partial charge in [0, 0.05) is 32.2 Å². The average Bonchev–Trinajstić information content (AvgIpc) is 2.43. The molecule has 0 saturated heterocycles. The van der Waals surface area contributed by atoms with Crippen LogP contribution in [-0.2, 0) is 14.3 Å². The Bertz CT molecular complexity index is 309. The summed E-state index contributed by atoms with van der Waals surface area (Å²) in [5, 5.41) is 3.14. The fourth-order valence-corrected chi connectivity index (χ4v) is 2.21. The Balaban J connectivity index is 3.78. The predicted octanol–water partition coefficient (Wildman–Crippen LogP) is 1.21. The number of ether oxygens (including phenoxy) is 2. The van der Waals surface area contributed by atoms with Gasteiger partial charge in [-0.05, 0) is 54.4 Å². The number of carbonyl (C=O) groups is 1. The third-order valence-corrected chi connectivity index (χ3v) is 3.65. The zero-order valence-electron chi connectivity index (χ0n) is 16.0. The first-order valence-corrected chi connectivity index (χ1v) is 8.48. The highest BCUT2D eigenvalue weighted by atomic mass is 16.5. The molecule has 0 spiro atoms. The Morgan fingerprint density at radius 2 is 1.74 bits per heavy atom. The van der Waals surface area contributed by atoms with Crippen molar-refractivity contribution in [1.29, 1.82) is 0 Å². The summed E-state index contributed by atoms with van der Waals surface area (Å²) in [5.74, 6) is 0.118. The topological polar surface area (TPSA) is 54.0 Å². The molecule has 0 bridgehead atoms. The van der Waals surface area contributed by atoms with Crippen LogP contribution in [0.2, 0.25) is 0 Å². The highest BCUT2D eigenvalue weighted by Gasteiger charge is 2.19. The highest BCUT2D eigenvalue weighted by Crippen LogP contribution is 2.11. The third-order valence-electron chi connectivity index (χ3n) is 3.65. The van der Waals surface area contributed by atoms with E-state index < -0.39 is 0 Å². The molecule has 0 unspecified atom stereocenters. The monoisotopic (exact) mass is 331 g/mol. The van der Waals surface area contributed by atoms with E-state index in [-0.39, 0.29) is 11.4 Å². The lowest BCUT2D eigenvalue weighted by molar-refractivity contribution is -0.123. The van der Waals surface area contributed by atoms with Crippen LogP contribution in [0, 0.1) is 0 Å². The van der Waals surface area contributed by atoms with Gasteiger partial charge < -0.3 is 24.6 Å². The minimum atomic E-state index is -0.144. The van der Waals surface area contributed by atoms with Crippen LogP contribution < -0.4 is 5.32 Å². The number of hydrogen-bond acceptors (Lipinski definition) is 5. The minimum Gasteiger partial charge on any atom is -0.382 e. The van der Waals surface area contributed by atoms with Gasteiger partial charge in [0.1, 0.15) is 0 Å². The SMILES string of the molecule is COCCOCCN(C)CCC(=O)NC(C)(C)CCCN(C)C. The Hall–Kier alpha value is -0.690. The molecular weight excluding hydrogens is 294 g/mol. The normalized spacial score (nSPS) is 12.2. The van der Waals surface area contributed by atoms with Crippen LogP contribution in [0.3, 0.4) is 0 Å². The van der Waals surface area contributed by atoms with Crippen molar-refractivity contribution in [2.75, 3.05) is 67.7 Å². The fourth-order valence-electron chi connectivity index (χ4n) is 2.21. The molecule has 0 aromatic heterocycles. The zero-order valence-corrected chi connectivity index (χ0v) is 16.0. The number of nitrogens with zero attached hydrogens (tertiary/aromatic N) is 2. The Kier molecular flexibility index (Phi) is 12.3. The van der Waals surface area contributed by atoms with Crippen molar-refractivity contribution in [2.24, 2.45) is 0 Å². The van der Waals surface area contributed by atoms with Crippen molar-refractivity contribution >= 4 is 5.91 Å². The standard InChI is InChI=1S/C17H37N3O3/c1-17(2,9-7-10-19(3)4)18-16(21)8-11-20(5)12-13-23-15-14-22-6/h7-15H2,1-6H3,(H,18,21). The van der Waals surface area contributed by atoms with E-state index in [1.165, 1.54) is 0 Å². The van der Waals surface area contributed by atoms with Crippen molar-refractivity contribution < 1.29 is 14.3 Å². The second kappa shape index (κ2) is 12.7. The molecule has 1 N–H and O–H groups in total. The minimum absolute atomic E-state index is 0.118. The first-order valence-electron chi connectivity index (χ1n) is 8.48. The molecule has 0 fully saturated rings. The lowest BCUT2D eigenvalue weighted by atomic mass is 9.98. The van der Waals surface area contributed by atoms with E-state index in [4.69, 9.17) is 9.47 Å². The summed E-state index contributed by atoms with van der Waals surface area (Å²) in [4.78, 5) is 16.4. The van der Waals surface area contributed by atoms with Crippen LogP contribution in [0.25, 0.3) is 0 Å². The van der Waals surface area contributed by atoms with Gasteiger partial charge in [0.15, 0.2) is 0 Å². The molecule has 23 heavy (non-hydrogen) atoms. The van der Waals surface area contributed by atoms with Gasteiger partial charge in [0.2, 0.25) is 5.91 Å². The average molecular weight is 332 g/mol. The molecule has 138 valence electrons. The van der Waals surface area contributed by atoms with Gasteiger partial charge in [0.25, 0.3) is 0 Å². The number of carbonyl (C=O) groups excluding carboxylic acids is 1. The number of likely N-dealkylation sites (N-methyl/N-ethyl adjacent to an activating group) is 1. The number of amides is 1. The molecule has 0 aliphatic heterocycles. The van der Waals surface area contributed by atoms with Crippen molar-refractivity contribution in [1.82, 2.24) is 15.1 Å². The van der Waals surface area contributed by atoms with E-state index in [0.717, 1.165) is 32.5 Å². The molecule has 0 radical (unpaired) electrons. The molecular formula is C17H37N3O3. The van der Waals surface area contributed by atoms with Gasteiger partial charge in [0.05, 0.1) is 19.8 Å². The van der Waals surface area contributed by atoms with E-state index >= 15 is 0 Å². The predicted molar refractivity (Wildman–Crippen MR) is 94.8 cm³/mol. The van der Waals surface area contributed by atoms with Crippen molar-refractivity contribution in [3.05, 3.63) is 0 Å². The molecule has 0 atom stereocenters. The number of nitrogens with one attached hydrogen (secondary N) is 1. The van der Waals surface area contributed by atoms with E-state index in [2.05, 4.69) is 43.1 Å². The Morgan fingerprint density at radius 3 is 2.35 bits per heavy atom. The largest absolute Gasteiger partial charge is 0.382 e. The fraction of sp³-hybridized carbons (Fsp3) is 0.941. The molecule has 6 nitrogen and oxygen atoms in total. The van der Waals surface area contributed by atoms with Crippen LogP contribution in [0.15, 0.2) is 0 Å². The molecule has 0 aliphatic rings. The summed E-state index contributed by atoms with van der Waals surface area (Å²) in [6, 6.07) is 0. The quantitative estimate of drug-likeness (QED) is 0.485. The van der Waals surface area contributed by atoms with Gasteiger partial charge in [-0.3, -0.25) is 4.79 Å². The first-order chi connectivity index (χ1) is 10.8. The second-order valence-electron chi connectivity index (χ2n) is 7.00. The lowest BCUT2D eigenvalue weighted by Gasteiger charge is -2.27. The molecule has 0 aromatic carbocycles. The second-order valence-corrected chi connectivity index (χ2v) is 7.00. The summed E-state index contributed by atoms with van der Waals surface area (Å²) >= 11 is 0. The first kappa shape index (κ1) is 22.3. The summed E-state index contributed by atoms with van der Waals surface area (Å²) in [7, 11) is 7.81. The zero-order chi connectivity index (χ0) is 17.7. The number of rotatable bonds is 14. The van der Waals surface area contributed by atoms with Gasteiger partial charge in [-0.15, -0.1) is 0 Å². The van der Waals surface area contributed by atoms with Crippen molar-refractivity contribution in [2.45, 2.75) is 38.6 Å². The van der Waals surface area contributed by atoms with Crippen molar-refractivity contribution in [3.8, 4) is 0 Å². The summed E-state index contributed by atoms with van der Waals surface area (Å²) in [6.07, 6.45) is 2.59. The third kappa shape index (κ3) is 14.6. The summed E-state index contributed by atoms with van der Waals surface area (Å²) in [5.41, 5.74) is -0.144. The van der Waals surface area contributed by atoms with Crippen LogP contribution in [0.4, 0.5) is 0 Å². The molecule has 0 saturated carbocycles. The molecule has 0 heterocycles. The highest BCUT2D eigenvalue weighted by molar-refractivity contribution is 5.76. The lowest BCUT2D eigenvalue weighted by Crippen LogP contribution is -2.44. The molecule has 6 heteroatoms. The maximum Gasteiger partial charge on any atom is 0.221 e. The van der Waals surface area contributed by atoms with E-state index in [0.29, 0.717) is 26.2 Å². The molecule has 0 rings (SSSR count). The van der Waals surface area contributed by atoms with Crippen molar-refractivity contribution in [3.63, 3.8) is 0 Å². The molecule has 0 aromatic rings. The maximum absolute atomic E-state index is 12.1. The Labute approximate surface area is 142 Å². The smallest absolute Gasteiger partial charge is 0.221 e. The van der Waals surface area contributed by atoms with Crippen LogP contribution >= 0.6 is 0 Å². The van der Waals surface area contributed by atoms with Gasteiger partial charge in [-0.1, -0.05) is 0 Å². The van der Waals surface area contributed by atoms with E-state index in [1.807, 2.05) is 7.05 Å². The molecule has 0 aliphatic carbocycles. The van der Waals surface area contributed by atoms with Crippen LogP contribution in [-0.4, -0.2) is 89.0 Å². The van der Waals surface area contributed by atoms with Gasteiger partial charge in [-0.2, -0.15) is 0 Å². The maximum atomic E-state index is 12.1. The van der Waals surface area contributed by atoms with E-state index in [9.17, 15) is 4.79 Å². The molecule has 1 amide bonds. The summed E-state index contributed by atoms with van der Waals surface area (Å²) in [6.45, 7) is 8.70. The van der Waals surface area contributed by atoms with E-state index in [1.54, 1.807) is 7.11 Å². The summed E-state index contributed by atoms with van der Waals surface area (Å²) < 4.78 is 10.3. The van der Waals surface area contributed by atoms with Crippen LogP contribution in [0.1, 0.15) is 33.1 Å². The van der Waals surface area contributed by atoms with Gasteiger partial charge >= 0.3 is 0 Å². The number of methoxy groups -OCH3 is 1. The number of hydrogen-bond donors (Lipinski definition) is 1. The van der Waals surface area contributed by atoms with Gasteiger partial charge in [-0.25, -0.2) is 0 Å². The Morgan fingerprint density at radius 1 is 1.04 bits per heavy atom. The van der Waals surface area contributed by atoms with Crippen LogP contribution in [0.5, 0.6) is 0 Å².